The Morgan fingerprint density at radius 2 is 1.78 bits per heavy atom. The Balaban J connectivity index is 1.76. The molecule has 0 spiro atoms. The maximum atomic E-state index is 10.5. The van der Waals surface area contributed by atoms with E-state index < -0.39 is 5.97 Å². The lowest BCUT2D eigenvalue weighted by atomic mass is 10.0. The van der Waals surface area contributed by atoms with Gasteiger partial charge in [-0.05, 0) is 42.1 Å². The van der Waals surface area contributed by atoms with Gasteiger partial charge in [0.15, 0.2) is 0 Å². The molecule has 4 heteroatoms. The Morgan fingerprint density at radius 3 is 2.43 bits per heavy atom. The highest BCUT2D eigenvalue weighted by Gasteiger charge is 2.05. The largest absolute Gasteiger partial charge is 0.489 e. The van der Waals surface area contributed by atoms with Gasteiger partial charge < -0.3 is 15.2 Å². The van der Waals surface area contributed by atoms with Crippen molar-refractivity contribution in [1.29, 1.82) is 0 Å². The molecule has 0 fully saturated rings. The standard InChI is InChI=1S/C19H23NO3/c1-15(12-20-13-19(21)22)11-16-7-9-18(10-8-16)23-14-17-5-3-2-4-6-17/h2-10,15,20H,11-14H2,1H3,(H,21,22). The summed E-state index contributed by atoms with van der Waals surface area (Å²) in [6.45, 7) is 3.37. The molecule has 0 aliphatic carbocycles. The Labute approximate surface area is 137 Å². The van der Waals surface area contributed by atoms with E-state index in [1.807, 2.05) is 42.5 Å². The molecule has 4 nitrogen and oxygen atoms in total. The molecule has 0 bridgehead atoms. The number of hydrogen-bond acceptors (Lipinski definition) is 3. The highest BCUT2D eigenvalue weighted by atomic mass is 16.5. The highest BCUT2D eigenvalue weighted by molar-refractivity contribution is 5.68. The molecule has 1 atom stereocenters. The molecule has 0 saturated heterocycles. The number of hydrogen-bond donors (Lipinski definition) is 2. The van der Waals surface area contributed by atoms with E-state index in [4.69, 9.17) is 9.84 Å². The first kappa shape index (κ1) is 17.0. The maximum Gasteiger partial charge on any atom is 0.317 e. The van der Waals surface area contributed by atoms with Crippen molar-refractivity contribution in [2.45, 2.75) is 20.0 Å². The minimum absolute atomic E-state index is 0.0105. The average molecular weight is 313 g/mol. The summed E-state index contributed by atoms with van der Waals surface area (Å²) < 4.78 is 5.77. The Hall–Kier alpha value is -2.33. The number of carboxylic acids is 1. The van der Waals surface area contributed by atoms with Crippen molar-refractivity contribution < 1.29 is 14.6 Å². The lowest BCUT2D eigenvalue weighted by Gasteiger charge is -2.12. The number of benzene rings is 2. The number of carboxylic acid groups (broad SMARTS) is 1. The third-order valence-electron chi connectivity index (χ3n) is 3.52. The van der Waals surface area contributed by atoms with Crippen LogP contribution < -0.4 is 10.1 Å². The van der Waals surface area contributed by atoms with Crippen LogP contribution in [0.4, 0.5) is 0 Å². The zero-order chi connectivity index (χ0) is 16.5. The van der Waals surface area contributed by atoms with E-state index in [-0.39, 0.29) is 6.54 Å². The number of rotatable bonds is 9. The minimum atomic E-state index is -0.822. The lowest BCUT2D eigenvalue weighted by Crippen LogP contribution is -2.27. The van der Waals surface area contributed by atoms with Crippen LogP contribution in [0.15, 0.2) is 54.6 Å². The van der Waals surface area contributed by atoms with Crippen LogP contribution in [0, 0.1) is 5.92 Å². The van der Waals surface area contributed by atoms with Crippen molar-refractivity contribution in [3.63, 3.8) is 0 Å². The average Bonchev–Trinajstić information content (AvgIpc) is 2.55. The summed E-state index contributed by atoms with van der Waals surface area (Å²) in [6, 6.07) is 18.2. The molecule has 122 valence electrons. The van der Waals surface area contributed by atoms with Crippen molar-refractivity contribution in [3.05, 3.63) is 65.7 Å². The van der Waals surface area contributed by atoms with Crippen molar-refractivity contribution in [2.24, 2.45) is 5.92 Å². The summed E-state index contributed by atoms with van der Waals surface area (Å²) >= 11 is 0. The molecule has 2 rings (SSSR count). The van der Waals surface area contributed by atoms with Gasteiger partial charge in [-0.15, -0.1) is 0 Å². The Morgan fingerprint density at radius 1 is 1.09 bits per heavy atom. The summed E-state index contributed by atoms with van der Waals surface area (Å²) in [7, 11) is 0. The Bertz CT molecular complexity index is 596. The molecule has 2 aromatic carbocycles. The molecular weight excluding hydrogens is 290 g/mol. The van der Waals surface area contributed by atoms with Gasteiger partial charge in [0.05, 0.1) is 6.54 Å². The van der Waals surface area contributed by atoms with E-state index in [0.717, 1.165) is 17.7 Å². The molecular formula is C19H23NO3. The zero-order valence-corrected chi connectivity index (χ0v) is 13.4. The maximum absolute atomic E-state index is 10.5. The molecule has 0 amide bonds. The van der Waals surface area contributed by atoms with Crippen LogP contribution in [0.25, 0.3) is 0 Å². The van der Waals surface area contributed by atoms with Gasteiger partial charge in [0.25, 0.3) is 0 Å². The van der Waals surface area contributed by atoms with Crippen molar-refractivity contribution in [2.75, 3.05) is 13.1 Å². The van der Waals surface area contributed by atoms with Gasteiger partial charge in [-0.25, -0.2) is 0 Å². The van der Waals surface area contributed by atoms with E-state index in [9.17, 15) is 4.79 Å². The molecule has 23 heavy (non-hydrogen) atoms. The fraction of sp³-hybridized carbons (Fsp3) is 0.316. The summed E-state index contributed by atoms with van der Waals surface area (Å²) in [5.41, 5.74) is 2.37. The topological polar surface area (TPSA) is 58.6 Å². The zero-order valence-electron chi connectivity index (χ0n) is 13.4. The SMILES string of the molecule is CC(CNCC(=O)O)Cc1ccc(OCc2ccccc2)cc1. The summed E-state index contributed by atoms with van der Waals surface area (Å²) in [5.74, 6) is 0.414. The van der Waals surface area contributed by atoms with E-state index in [0.29, 0.717) is 19.1 Å². The van der Waals surface area contributed by atoms with Crippen molar-refractivity contribution in [3.8, 4) is 5.75 Å². The molecule has 0 heterocycles. The molecule has 0 aromatic heterocycles. The van der Waals surface area contributed by atoms with Crippen LogP contribution in [0.3, 0.4) is 0 Å². The Kier molecular flexibility index (Phi) is 6.63. The first-order chi connectivity index (χ1) is 11.1. The quantitative estimate of drug-likeness (QED) is 0.747. The summed E-state index contributed by atoms with van der Waals surface area (Å²) in [4.78, 5) is 10.5. The van der Waals surface area contributed by atoms with Crippen LogP contribution >= 0.6 is 0 Å². The third kappa shape index (κ3) is 6.53. The fourth-order valence-corrected chi connectivity index (χ4v) is 2.36. The van der Waals surface area contributed by atoms with Gasteiger partial charge in [0, 0.05) is 0 Å². The van der Waals surface area contributed by atoms with Crippen LogP contribution in [-0.2, 0) is 17.8 Å². The summed E-state index contributed by atoms with van der Waals surface area (Å²) in [6.07, 6.45) is 0.908. The molecule has 1 unspecified atom stereocenters. The number of nitrogens with one attached hydrogen (secondary N) is 1. The second-order valence-electron chi connectivity index (χ2n) is 5.75. The van der Waals surface area contributed by atoms with Gasteiger partial charge in [-0.1, -0.05) is 49.4 Å². The van der Waals surface area contributed by atoms with E-state index >= 15 is 0 Å². The van der Waals surface area contributed by atoms with Gasteiger partial charge in [-0.2, -0.15) is 0 Å². The smallest absolute Gasteiger partial charge is 0.317 e. The van der Waals surface area contributed by atoms with Gasteiger partial charge in [-0.3, -0.25) is 4.79 Å². The highest BCUT2D eigenvalue weighted by Crippen LogP contribution is 2.16. The van der Waals surface area contributed by atoms with Gasteiger partial charge in [0.2, 0.25) is 0 Å². The van der Waals surface area contributed by atoms with Crippen LogP contribution in [0.1, 0.15) is 18.1 Å². The van der Waals surface area contributed by atoms with E-state index in [1.165, 1.54) is 5.56 Å². The van der Waals surface area contributed by atoms with Crippen LogP contribution in [0.5, 0.6) is 5.75 Å². The molecule has 0 aliphatic rings. The molecule has 2 N–H and O–H groups in total. The molecule has 2 aromatic rings. The van der Waals surface area contributed by atoms with Gasteiger partial charge in [0.1, 0.15) is 12.4 Å². The fourth-order valence-electron chi connectivity index (χ4n) is 2.36. The lowest BCUT2D eigenvalue weighted by molar-refractivity contribution is -0.135. The molecule has 0 saturated carbocycles. The van der Waals surface area contributed by atoms with E-state index in [1.54, 1.807) is 0 Å². The molecule has 0 aliphatic heterocycles. The van der Waals surface area contributed by atoms with Crippen LogP contribution in [0.2, 0.25) is 0 Å². The second kappa shape index (κ2) is 8.96. The predicted molar refractivity (Wildman–Crippen MR) is 90.6 cm³/mol. The first-order valence-corrected chi connectivity index (χ1v) is 7.81. The third-order valence-corrected chi connectivity index (χ3v) is 3.52. The minimum Gasteiger partial charge on any atom is -0.489 e. The molecule has 0 radical (unpaired) electrons. The number of carbonyl (C=O) groups is 1. The van der Waals surface area contributed by atoms with Crippen molar-refractivity contribution >= 4 is 5.97 Å². The predicted octanol–water partition coefficient (Wildman–Crippen LogP) is 3.12. The normalized spacial score (nSPS) is 11.9. The van der Waals surface area contributed by atoms with Crippen LogP contribution in [-0.4, -0.2) is 24.2 Å². The second-order valence-corrected chi connectivity index (χ2v) is 5.75. The first-order valence-electron chi connectivity index (χ1n) is 7.81. The number of ether oxygens (including phenoxy) is 1. The monoisotopic (exact) mass is 313 g/mol. The van der Waals surface area contributed by atoms with Gasteiger partial charge >= 0.3 is 5.97 Å². The van der Waals surface area contributed by atoms with E-state index in [2.05, 4.69) is 24.4 Å². The van der Waals surface area contributed by atoms with Crippen molar-refractivity contribution in [1.82, 2.24) is 5.32 Å². The number of aliphatic carboxylic acids is 1. The summed E-state index contributed by atoms with van der Waals surface area (Å²) in [5, 5.41) is 11.5.